The predicted octanol–water partition coefficient (Wildman–Crippen LogP) is 4.99. The van der Waals surface area contributed by atoms with Gasteiger partial charge in [-0.15, -0.1) is 0 Å². The second-order valence-corrected chi connectivity index (χ2v) is 9.44. The van der Waals surface area contributed by atoms with E-state index in [9.17, 15) is 9.59 Å². The lowest BCUT2D eigenvalue weighted by molar-refractivity contribution is 0.0732. The van der Waals surface area contributed by atoms with Gasteiger partial charge in [-0.3, -0.25) is 4.79 Å². The molecular formula is C26H22Br2N2O8. The summed E-state index contributed by atoms with van der Waals surface area (Å²) in [6, 6.07) is 11.2. The van der Waals surface area contributed by atoms with Crippen molar-refractivity contribution in [2.75, 3.05) is 34.5 Å². The molecule has 1 amide bonds. The van der Waals surface area contributed by atoms with E-state index in [-0.39, 0.29) is 11.3 Å². The third kappa shape index (κ3) is 6.03. The predicted molar refractivity (Wildman–Crippen MR) is 145 cm³/mol. The Morgan fingerprint density at radius 3 is 2.21 bits per heavy atom. The number of nitrogens with one attached hydrogen (secondary N) is 1. The van der Waals surface area contributed by atoms with Crippen LogP contribution in [-0.2, 0) is 0 Å². The summed E-state index contributed by atoms with van der Waals surface area (Å²) in [4.78, 5) is 25.7. The van der Waals surface area contributed by atoms with Crippen LogP contribution in [0.3, 0.4) is 0 Å². The van der Waals surface area contributed by atoms with Crippen molar-refractivity contribution in [2.45, 2.75) is 0 Å². The lowest BCUT2D eigenvalue weighted by Gasteiger charge is -2.18. The highest BCUT2D eigenvalue weighted by molar-refractivity contribution is 9.11. The molecule has 1 aliphatic rings. The summed E-state index contributed by atoms with van der Waals surface area (Å²) >= 11 is 6.83. The molecule has 1 N–H and O–H groups in total. The van der Waals surface area contributed by atoms with Crippen molar-refractivity contribution < 1.29 is 38.0 Å². The van der Waals surface area contributed by atoms with Crippen LogP contribution in [0.5, 0.6) is 34.5 Å². The maximum absolute atomic E-state index is 13.1. The molecule has 0 fully saturated rings. The number of ether oxygens (including phenoxy) is 6. The molecule has 3 aromatic rings. The number of esters is 1. The van der Waals surface area contributed by atoms with Gasteiger partial charge in [0.25, 0.3) is 5.91 Å². The van der Waals surface area contributed by atoms with Crippen LogP contribution in [-0.4, -0.2) is 52.6 Å². The van der Waals surface area contributed by atoms with E-state index < -0.39 is 11.9 Å². The minimum atomic E-state index is -0.678. The highest BCUT2D eigenvalue weighted by atomic mass is 79.9. The molecule has 0 radical (unpaired) electrons. The molecule has 0 saturated carbocycles. The Balaban J connectivity index is 1.55. The summed E-state index contributed by atoms with van der Waals surface area (Å²) in [6.45, 7) is 0.864. The van der Waals surface area contributed by atoms with Crippen LogP contribution in [0.25, 0.3) is 0 Å². The number of carbonyl (C=O) groups is 2. The van der Waals surface area contributed by atoms with Crippen molar-refractivity contribution in [1.82, 2.24) is 5.43 Å². The number of benzene rings is 3. The molecule has 0 aromatic heterocycles. The van der Waals surface area contributed by atoms with Crippen molar-refractivity contribution in [3.05, 3.63) is 68.1 Å². The lowest BCUT2D eigenvalue weighted by Crippen LogP contribution is -2.19. The Hall–Kier alpha value is -3.77. The van der Waals surface area contributed by atoms with Crippen molar-refractivity contribution in [1.29, 1.82) is 0 Å². The monoisotopic (exact) mass is 648 g/mol. The Labute approximate surface area is 235 Å². The zero-order chi connectivity index (χ0) is 27.2. The van der Waals surface area contributed by atoms with Gasteiger partial charge in [-0.2, -0.15) is 5.10 Å². The maximum Gasteiger partial charge on any atom is 0.343 e. The van der Waals surface area contributed by atoms with Crippen molar-refractivity contribution in [3.63, 3.8) is 0 Å². The number of hydrogen-bond acceptors (Lipinski definition) is 9. The summed E-state index contributed by atoms with van der Waals surface area (Å²) in [5.74, 6) is 1.07. The standard InChI is InChI=1S/C26H22Br2N2O8/c1-33-21-10-15(11-22(34-2)24(21)35-3)26(32)38-23-16(8-17(27)12-18(23)28)13-29-30-25(31)14-4-5-19-20(9-14)37-7-6-36-19/h4-5,8-13H,6-7H2,1-3H3,(H,30,31)/b29-13+. The average molecular weight is 650 g/mol. The summed E-state index contributed by atoms with van der Waals surface area (Å²) in [6.07, 6.45) is 1.36. The third-order valence-corrected chi connectivity index (χ3v) is 6.35. The Morgan fingerprint density at radius 2 is 1.55 bits per heavy atom. The molecule has 0 unspecified atom stereocenters. The first kappa shape index (κ1) is 27.3. The smallest absolute Gasteiger partial charge is 0.343 e. The average Bonchev–Trinajstić information content (AvgIpc) is 2.93. The zero-order valence-electron chi connectivity index (χ0n) is 20.5. The third-order valence-electron chi connectivity index (χ3n) is 5.31. The number of hydrazone groups is 1. The minimum absolute atomic E-state index is 0.170. The number of halogens is 2. The molecule has 198 valence electrons. The molecule has 0 spiro atoms. The number of nitrogens with zero attached hydrogens (tertiary/aromatic N) is 1. The van der Waals surface area contributed by atoms with Crippen molar-refractivity contribution >= 4 is 50.0 Å². The highest BCUT2D eigenvalue weighted by Gasteiger charge is 2.21. The summed E-state index contributed by atoms with van der Waals surface area (Å²) in [5.41, 5.74) is 3.39. The zero-order valence-corrected chi connectivity index (χ0v) is 23.7. The second kappa shape index (κ2) is 12.2. The number of fused-ring (bicyclic) bond motifs is 1. The van der Waals surface area contributed by atoms with Gasteiger partial charge in [0.15, 0.2) is 28.7 Å². The number of methoxy groups -OCH3 is 3. The molecule has 1 aliphatic heterocycles. The first-order valence-corrected chi connectivity index (χ1v) is 12.7. The van der Waals surface area contributed by atoms with E-state index in [0.717, 1.165) is 0 Å². The number of rotatable bonds is 8. The molecule has 0 saturated heterocycles. The van der Waals surface area contributed by atoms with E-state index in [1.807, 2.05) is 0 Å². The first-order chi connectivity index (χ1) is 18.3. The van der Waals surface area contributed by atoms with Crippen LogP contribution in [0.4, 0.5) is 0 Å². The topological polar surface area (TPSA) is 114 Å². The summed E-state index contributed by atoms with van der Waals surface area (Å²) < 4.78 is 33.8. The highest BCUT2D eigenvalue weighted by Crippen LogP contribution is 2.39. The fourth-order valence-electron chi connectivity index (χ4n) is 3.54. The fourth-order valence-corrected chi connectivity index (χ4v) is 4.88. The molecule has 38 heavy (non-hydrogen) atoms. The van der Waals surface area contributed by atoms with Gasteiger partial charge in [-0.1, -0.05) is 15.9 Å². The van der Waals surface area contributed by atoms with Gasteiger partial charge < -0.3 is 28.4 Å². The van der Waals surface area contributed by atoms with Crippen LogP contribution >= 0.6 is 31.9 Å². The van der Waals surface area contributed by atoms with Crippen molar-refractivity contribution in [3.8, 4) is 34.5 Å². The quantitative estimate of drug-likeness (QED) is 0.157. The van der Waals surface area contributed by atoms with Crippen LogP contribution in [0.2, 0.25) is 0 Å². The summed E-state index contributed by atoms with van der Waals surface area (Å²) in [7, 11) is 4.37. The molecule has 3 aromatic carbocycles. The first-order valence-electron chi connectivity index (χ1n) is 11.1. The van der Waals surface area contributed by atoms with E-state index in [2.05, 4.69) is 42.4 Å². The minimum Gasteiger partial charge on any atom is -0.493 e. The largest absolute Gasteiger partial charge is 0.493 e. The van der Waals surface area contributed by atoms with Crippen molar-refractivity contribution in [2.24, 2.45) is 5.10 Å². The van der Waals surface area contributed by atoms with E-state index >= 15 is 0 Å². The molecule has 4 rings (SSSR count). The summed E-state index contributed by atoms with van der Waals surface area (Å²) in [5, 5.41) is 4.04. The van der Waals surface area contributed by atoms with E-state index in [1.165, 1.54) is 39.7 Å². The molecule has 12 heteroatoms. The van der Waals surface area contributed by atoms with Gasteiger partial charge in [0.1, 0.15) is 13.2 Å². The van der Waals surface area contributed by atoms with Gasteiger partial charge in [-0.25, -0.2) is 10.2 Å². The fraction of sp³-hybridized carbons (Fsp3) is 0.192. The van der Waals surface area contributed by atoms with Gasteiger partial charge >= 0.3 is 5.97 Å². The van der Waals surface area contributed by atoms with E-state index in [0.29, 0.717) is 62.0 Å². The Morgan fingerprint density at radius 1 is 0.868 bits per heavy atom. The van der Waals surface area contributed by atoms with Crippen LogP contribution < -0.4 is 33.8 Å². The van der Waals surface area contributed by atoms with Gasteiger partial charge in [-0.05, 0) is 58.4 Å². The maximum atomic E-state index is 13.1. The molecule has 10 nitrogen and oxygen atoms in total. The Kier molecular flexibility index (Phi) is 8.74. The molecule has 0 aliphatic carbocycles. The molecular weight excluding hydrogens is 628 g/mol. The SMILES string of the molecule is COc1cc(C(=O)Oc2c(Br)cc(Br)cc2/C=N/NC(=O)c2ccc3c(c2)OCCO3)cc(OC)c1OC. The van der Waals surface area contributed by atoms with Crippen LogP contribution in [0.1, 0.15) is 26.3 Å². The van der Waals surface area contributed by atoms with Gasteiger partial charge in [0.05, 0.1) is 37.6 Å². The van der Waals surface area contributed by atoms with E-state index in [1.54, 1.807) is 30.3 Å². The van der Waals surface area contributed by atoms with Gasteiger partial charge in [0.2, 0.25) is 5.75 Å². The number of carbonyl (C=O) groups excluding carboxylic acids is 2. The van der Waals surface area contributed by atoms with Crippen LogP contribution in [0, 0.1) is 0 Å². The van der Waals surface area contributed by atoms with E-state index in [4.69, 9.17) is 28.4 Å². The van der Waals surface area contributed by atoms with Crippen LogP contribution in [0.15, 0.2) is 56.5 Å². The number of hydrogen-bond donors (Lipinski definition) is 1. The second-order valence-electron chi connectivity index (χ2n) is 7.67. The lowest BCUT2D eigenvalue weighted by atomic mass is 10.1. The van der Waals surface area contributed by atoms with Gasteiger partial charge in [0, 0.05) is 15.6 Å². The molecule has 1 heterocycles. The molecule has 0 atom stereocenters. The normalized spacial score (nSPS) is 12.1. The number of amides is 1. The Bertz CT molecular complexity index is 1390. The molecule has 0 bridgehead atoms.